The Morgan fingerprint density at radius 2 is 2.20 bits per heavy atom. The van der Waals surface area contributed by atoms with E-state index in [0.29, 0.717) is 0 Å². The van der Waals surface area contributed by atoms with Gasteiger partial charge in [-0.3, -0.25) is 0 Å². The van der Waals surface area contributed by atoms with E-state index < -0.39 is 0 Å². The van der Waals surface area contributed by atoms with Gasteiger partial charge in [-0.05, 0) is 48.7 Å². The highest BCUT2D eigenvalue weighted by Crippen LogP contribution is 2.24. The van der Waals surface area contributed by atoms with Crippen molar-refractivity contribution in [1.29, 1.82) is 0 Å². The third-order valence-electron chi connectivity index (χ3n) is 3.41. The lowest BCUT2D eigenvalue weighted by molar-refractivity contribution is 0.490. The highest BCUT2D eigenvalue weighted by molar-refractivity contribution is 7.10. The summed E-state index contributed by atoms with van der Waals surface area (Å²) >= 11 is 1.89. The minimum absolute atomic E-state index is 0.954. The Morgan fingerprint density at radius 1 is 1.40 bits per heavy atom. The zero-order valence-electron chi connectivity index (χ0n) is 9.59. The van der Waals surface area contributed by atoms with Crippen LogP contribution in [0.5, 0.6) is 0 Å². The molecule has 2 heteroatoms. The predicted molar refractivity (Wildman–Crippen MR) is 67.4 cm³/mol. The van der Waals surface area contributed by atoms with Crippen LogP contribution in [0.15, 0.2) is 11.4 Å². The second-order valence-corrected chi connectivity index (χ2v) is 5.50. The second kappa shape index (κ2) is 5.66. The lowest BCUT2D eigenvalue weighted by atomic mass is 10.1. The van der Waals surface area contributed by atoms with Gasteiger partial charge in [-0.15, -0.1) is 11.3 Å². The molecule has 0 atom stereocenters. The van der Waals surface area contributed by atoms with Crippen LogP contribution in [-0.2, 0) is 13.0 Å². The summed E-state index contributed by atoms with van der Waals surface area (Å²) in [5.74, 6) is 0.954. The van der Waals surface area contributed by atoms with E-state index in [0.717, 1.165) is 12.5 Å². The van der Waals surface area contributed by atoms with Crippen LogP contribution in [0.4, 0.5) is 0 Å². The molecule has 1 fully saturated rings. The largest absolute Gasteiger partial charge is 0.312 e. The van der Waals surface area contributed by atoms with Crippen molar-refractivity contribution in [2.45, 2.75) is 45.6 Å². The van der Waals surface area contributed by atoms with Gasteiger partial charge in [0.05, 0.1) is 0 Å². The lowest BCUT2D eigenvalue weighted by Gasteiger charge is -2.10. The first-order valence-corrected chi connectivity index (χ1v) is 7.04. The quantitative estimate of drug-likeness (QED) is 0.804. The maximum atomic E-state index is 3.61. The summed E-state index contributed by atoms with van der Waals surface area (Å²) < 4.78 is 0. The average molecular weight is 223 g/mol. The Hall–Kier alpha value is -0.340. The van der Waals surface area contributed by atoms with Crippen LogP contribution in [0.3, 0.4) is 0 Å². The van der Waals surface area contributed by atoms with Gasteiger partial charge in [-0.2, -0.15) is 0 Å². The molecule has 2 rings (SSSR count). The van der Waals surface area contributed by atoms with Crippen LogP contribution >= 0.6 is 11.3 Å². The molecule has 1 nitrogen and oxygen atoms in total. The van der Waals surface area contributed by atoms with Crippen LogP contribution in [0, 0.1) is 5.92 Å². The summed E-state index contributed by atoms with van der Waals surface area (Å²) in [6.07, 6.45) is 6.96. The van der Waals surface area contributed by atoms with Crippen molar-refractivity contribution in [3.8, 4) is 0 Å². The molecule has 1 heterocycles. The molecule has 0 unspecified atom stereocenters. The second-order valence-electron chi connectivity index (χ2n) is 4.50. The zero-order chi connectivity index (χ0) is 10.5. The molecule has 0 aliphatic heterocycles. The van der Waals surface area contributed by atoms with Crippen molar-refractivity contribution in [3.63, 3.8) is 0 Å². The summed E-state index contributed by atoms with van der Waals surface area (Å²) in [6.45, 7) is 4.54. The van der Waals surface area contributed by atoms with Crippen molar-refractivity contribution in [3.05, 3.63) is 21.9 Å². The third-order valence-corrected chi connectivity index (χ3v) is 4.38. The van der Waals surface area contributed by atoms with Crippen LogP contribution < -0.4 is 5.32 Å². The smallest absolute Gasteiger partial charge is 0.0302 e. The first-order valence-electron chi connectivity index (χ1n) is 6.16. The molecule has 0 bridgehead atoms. The first kappa shape index (κ1) is 11.2. The number of rotatable bonds is 5. The predicted octanol–water partition coefficient (Wildman–Crippen LogP) is 3.59. The molecule has 0 amide bonds. The van der Waals surface area contributed by atoms with E-state index in [2.05, 4.69) is 23.7 Å². The van der Waals surface area contributed by atoms with Crippen LogP contribution in [0.1, 0.15) is 43.0 Å². The van der Waals surface area contributed by atoms with Crippen molar-refractivity contribution >= 4 is 11.3 Å². The number of nitrogens with one attached hydrogen (secondary N) is 1. The van der Waals surface area contributed by atoms with Gasteiger partial charge in [0.1, 0.15) is 0 Å². The molecule has 0 saturated heterocycles. The summed E-state index contributed by atoms with van der Waals surface area (Å²) in [4.78, 5) is 1.54. The van der Waals surface area contributed by atoms with Gasteiger partial charge < -0.3 is 5.32 Å². The van der Waals surface area contributed by atoms with Gasteiger partial charge in [-0.25, -0.2) is 0 Å². The SMILES string of the molecule is CCc1ccsc1CNCC1CCCC1. The molecule has 1 saturated carbocycles. The topological polar surface area (TPSA) is 12.0 Å². The van der Waals surface area contributed by atoms with E-state index in [1.54, 1.807) is 0 Å². The maximum Gasteiger partial charge on any atom is 0.0302 e. The maximum absolute atomic E-state index is 3.61. The van der Waals surface area contributed by atoms with Crippen molar-refractivity contribution in [1.82, 2.24) is 5.32 Å². The van der Waals surface area contributed by atoms with Crippen molar-refractivity contribution < 1.29 is 0 Å². The summed E-state index contributed by atoms with van der Waals surface area (Å²) in [7, 11) is 0. The molecule has 0 aromatic carbocycles. The van der Waals surface area contributed by atoms with Crippen LogP contribution in [-0.4, -0.2) is 6.54 Å². The van der Waals surface area contributed by atoms with Gasteiger partial charge in [0, 0.05) is 11.4 Å². The first-order chi connectivity index (χ1) is 7.40. The number of thiophene rings is 1. The molecular weight excluding hydrogens is 202 g/mol. The van der Waals surface area contributed by atoms with Gasteiger partial charge in [0.25, 0.3) is 0 Å². The fourth-order valence-electron chi connectivity index (χ4n) is 2.44. The monoisotopic (exact) mass is 223 g/mol. The van der Waals surface area contributed by atoms with Crippen LogP contribution in [0.25, 0.3) is 0 Å². The molecule has 1 aliphatic carbocycles. The molecule has 1 aromatic heterocycles. The van der Waals surface area contributed by atoms with Gasteiger partial charge in [0.15, 0.2) is 0 Å². The third kappa shape index (κ3) is 3.05. The Kier molecular flexibility index (Phi) is 4.21. The van der Waals surface area contributed by atoms with Gasteiger partial charge >= 0.3 is 0 Å². The van der Waals surface area contributed by atoms with Gasteiger partial charge in [-0.1, -0.05) is 19.8 Å². The Labute approximate surface area is 96.9 Å². The highest BCUT2D eigenvalue weighted by Gasteiger charge is 2.14. The summed E-state index contributed by atoms with van der Waals surface area (Å²) in [5.41, 5.74) is 1.53. The molecule has 84 valence electrons. The van der Waals surface area contributed by atoms with E-state index in [9.17, 15) is 0 Å². The Morgan fingerprint density at radius 3 is 2.93 bits per heavy atom. The highest BCUT2D eigenvalue weighted by atomic mass is 32.1. The molecule has 15 heavy (non-hydrogen) atoms. The molecule has 1 aliphatic rings. The zero-order valence-corrected chi connectivity index (χ0v) is 10.4. The fraction of sp³-hybridized carbons (Fsp3) is 0.692. The number of hydrogen-bond donors (Lipinski definition) is 1. The van der Waals surface area contributed by atoms with E-state index >= 15 is 0 Å². The number of aryl methyl sites for hydroxylation is 1. The molecule has 1 aromatic rings. The number of hydrogen-bond acceptors (Lipinski definition) is 2. The minimum atomic E-state index is 0.954. The Balaban J connectivity index is 1.73. The Bertz CT molecular complexity index is 286. The van der Waals surface area contributed by atoms with Crippen molar-refractivity contribution in [2.75, 3.05) is 6.54 Å². The molecular formula is C13H21NS. The molecule has 1 N–H and O–H groups in total. The summed E-state index contributed by atoms with van der Waals surface area (Å²) in [6, 6.07) is 2.26. The standard InChI is InChI=1S/C13H21NS/c1-2-12-7-8-15-13(12)10-14-9-11-5-3-4-6-11/h7-8,11,14H,2-6,9-10H2,1H3. The van der Waals surface area contributed by atoms with E-state index in [1.165, 1.54) is 49.1 Å². The summed E-state index contributed by atoms with van der Waals surface area (Å²) in [5, 5.41) is 5.83. The molecule has 0 spiro atoms. The molecule has 0 radical (unpaired) electrons. The van der Waals surface area contributed by atoms with E-state index in [-0.39, 0.29) is 0 Å². The fourth-order valence-corrected chi connectivity index (χ4v) is 3.39. The van der Waals surface area contributed by atoms with E-state index in [1.807, 2.05) is 11.3 Å². The minimum Gasteiger partial charge on any atom is -0.312 e. The van der Waals surface area contributed by atoms with Gasteiger partial charge in [0.2, 0.25) is 0 Å². The average Bonchev–Trinajstić information content (AvgIpc) is 2.88. The normalized spacial score (nSPS) is 17.4. The van der Waals surface area contributed by atoms with E-state index in [4.69, 9.17) is 0 Å². The van der Waals surface area contributed by atoms with Crippen molar-refractivity contribution in [2.24, 2.45) is 5.92 Å². The van der Waals surface area contributed by atoms with Crippen LogP contribution in [0.2, 0.25) is 0 Å². The lowest BCUT2D eigenvalue weighted by Crippen LogP contribution is -2.20.